The summed E-state index contributed by atoms with van der Waals surface area (Å²) in [4.78, 5) is 12.1. The number of rotatable bonds is 5. The fourth-order valence-electron chi connectivity index (χ4n) is 2.20. The molecule has 0 saturated heterocycles. The van der Waals surface area contributed by atoms with Crippen molar-refractivity contribution in [3.63, 3.8) is 0 Å². The first-order valence-corrected chi connectivity index (χ1v) is 8.30. The predicted molar refractivity (Wildman–Crippen MR) is 102 cm³/mol. The number of amides is 1. The number of hydrogen-bond donors (Lipinski definition) is 2. The topological polar surface area (TPSA) is 79.4 Å². The van der Waals surface area contributed by atoms with Crippen molar-refractivity contribution in [3.05, 3.63) is 69.8 Å². The number of ether oxygens (including phenoxy) is 1. The average molecular weight is 389 g/mol. The van der Waals surface area contributed by atoms with E-state index in [2.05, 4.69) is 20.7 Å². The summed E-state index contributed by atoms with van der Waals surface area (Å²) >= 11 is 12.0. The van der Waals surface area contributed by atoms with E-state index in [1.807, 2.05) is 12.1 Å². The van der Waals surface area contributed by atoms with Crippen LogP contribution in [-0.2, 0) is 0 Å². The Morgan fingerprint density at radius 2 is 1.85 bits per heavy atom. The van der Waals surface area contributed by atoms with Crippen molar-refractivity contribution in [1.82, 2.24) is 15.6 Å². The molecule has 2 N–H and O–H groups in total. The van der Waals surface area contributed by atoms with E-state index in [0.717, 1.165) is 11.3 Å². The first kappa shape index (κ1) is 18.0. The van der Waals surface area contributed by atoms with Crippen LogP contribution in [-0.4, -0.2) is 29.4 Å². The van der Waals surface area contributed by atoms with Crippen LogP contribution in [0.5, 0.6) is 5.75 Å². The third-order valence-corrected chi connectivity index (χ3v) is 3.91. The van der Waals surface area contributed by atoms with Crippen LogP contribution in [0.2, 0.25) is 10.0 Å². The minimum atomic E-state index is -0.415. The molecule has 3 rings (SSSR count). The summed E-state index contributed by atoms with van der Waals surface area (Å²) in [6, 6.07) is 13.9. The number of hydrogen-bond acceptors (Lipinski definition) is 4. The average Bonchev–Trinajstić information content (AvgIpc) is 3.12. The predicted octanol–water partition coefficient (Wildman–Crippen LogP) is 4.16. The summed E-state index contributed by atoms with van der Waals surface area (Å²) in [5.74, 6) is 0.332. The third kappa shape index (κ3) is 4.41. The second-order valence-corrected chi connectivity index (χ2v) is 6.17. The van der Waals surface area contributed by atoms with E-state index in [0.29, 0.717) is 21.3 Å². The van der Waals surface area contributed by atoms with Gasteiger partial charge in [-0.05, 0) is 54.1 Å². The Balaban J connectivity index is 1.66. The quantitative estimate of drug-likeness (QED) is 0.508. The number of nitrogens with one attached hydrogen (secondary N) is 2. The Hall–Kier alpha value is -2.83. The lowest BCUT2D eigenvalue weighted by atomic mass is 10.1. The number of methoxy groups -OCH3 is 1. The Labute approximate surface area is 159 Å². The van der Waals surface area contributed by atoms with Crippen LogP contribution < -0.4 is 10.2 Å². The van der Waals surface area contributed by atoms with Crippen molar-refractivity contribution >= 4 is 35.3 Å². The molecule has 0 spiro atoms. The van der Waals surface area contributed by atoms with Crippen LogP contribution in [0.25, 0.3) is 11.3 Å². The Bertz CT molecular complexity index is 932. The maximum Gasteiger partial charge on any atom is 0.289 e. The van der Waals surface area contributed by atoms with Crippen molar-refractivity contribution in [2.24, 2.45) is 5.10 Å². The summed E-state index contributed by atoms with van der Waals surface area (Å²) in [7, 11) is 1.60. The maximum atomic E-state index is 12.1. The molecule has 0 aliphatic rings. The molecule has 1 aromatic heterocycles. The second kappa shape index (κ2) is 8.03. The van der Waals surface area contributed by atoms with E-state index in [4.69, 9.17) is 27.9 Å². The highest BCUT2D eigenvalue weighted by molar-refractivity contribution is 6.35. The van der Waals surface area contributed by atoms with Gasteiger partial charge in [-0.25, -0.2) is 5.43 Å². The zero-order chi connectivity index (χ0) is 18.5. The standard InChI is InChI=1S/C18H14Cl2N4O2/c1-26-15-4-2-11(3-5-15)10-21-24-18(25)17-9-16(22-23-17)12-6-13(19)8-14(20)7-12/h2-10H,1H3,(H,22,23)(H,24,25). The lowest BCUT2D eigenvalue weighted by Crippen LogP contribution is -2.17. The van der Waals surface area contributed by atoms with Gasteiger partial charge in [-0.2, -0.15) is 10.2 Å². The van der Waals surface area contributed by atoms with Gasteiger partial charge in [-0.3, -0.25) is 9.89 Å². The minimum Gasteiger partial charge on any atom is -0.497 e. The van der Waals surface area contributed by atoms with Crippen LogP contribution in [0.3, 0.4) is 0 Å². The Morgan fingerprint density at radius 3 is 2.50 bits per heavy atom. The van der Waals surface area contributed by atoms with Crippen molar-refractivity contribution in [3.8, 4) is 17.0 Å². The van der Waals surface area contributed by atoms with Crippen LogP contribution in [0, 0.1) is 0 Å². The van der Waals surface area contributed by atoms with Crippen LogP contribution in [0.15, 0.2) is 53.6 Å². The smallest absolute Gasteiger partial charge is 0.289 e. The van der Waals surface area contributed by atoms with E-state index in [1.165, 1.54) is 6.21 Å². The maximum absolute atomic E-state index is 12.1. The van der Waals surface area contributed by atoms with E-state index in [-0.39, 0.29) is 5.69 Å². The molecule has 132 valence electrons. The first-order chi connectivity index (χ1) is 12.5. The highest BCUT2D eigenvalue weighted by Gasteiger charge is 2.11. The lowest BCUT2D eigenvalue weighted by molar-refractivity contribution is 0.0950. The molecule has 0 radical (unpaired) electrons. The van der Waals surface area contributed by atoms with Crippen molar-refractivity contribution in [1.29, 1.82) is 0 Å². The molecule has 0 bridgehead atoms. The van der Waals surface area contributed by atoms with Gasteiger partial charge in [0, 0.05) is 15.6 Å². The molecular formula is C18H14Cl2N4O2. The highest BCUT2D eigenvalue weighted by Crippen LogP contribution is 2.26. The number of aromatic nitrogens is 2. The Kier molecular flexibility index (Phi) is 5.55. The van der Waals surface area contributed by atoms with Gasteiger partial charge in [0.1, 0.15) is 11.4 Å². The second-order valence-electron chi connectivity index (χ2n) is 5.30. The molecule has 26 heavy (non-hydrogen) atoms. The zero-order valence-corrected chi connectivity index (χ0v) is 15.2. The molecule has 0 aliphatic carbocycles. The van der Waals surface area contributed by atoms with Gasteiger partial charge in [0.2, 0.25) is 0 Å². The fraction of sp³-hybridized carbons (Fsp3) is 0.0556. The van der Waals surface area contributed by atoms with Crippen LogP contribution >= 0.6 is 23.2 Å². The van der Waals surface area contributed by atoms with Gasteiger partial charge in [0.15, 0.2) is 0 Å². The summed E-state index contributed by atoms with van der Waals surface area (Å²) in [6.45, 7) is 0. The molecule has 2 aromatic carbocycles. The summed E-state index contributed by atoms with van der Waals surface area (Å²) in [6.07, 6.45) is 1.53. The Morgan fingerprint density at radius 1 is 1.15 bits per heavy atom. The SMILES string of the molecule is COc1ccc(C=NNC(=O)c2cc(-c3cc(Cl)cc(Cl)c3)n[nH]2)cc1. The van der Waals surface area contributed by atoms with E-state index < -0.39 is 5.91 Å². The normalized spacial score (nSPS) is 10.9. The monoisotopic (exact) mass is 388 g/mol. The van der Waals surface area contributed by atoms with Gasteiger partial charge in [0.25, 0.3) is 5.91 Å². The third-order valence-electron chi connectivity index (χ3n) is 3.48. The summed E-state index contributed by atoms with van der Waals surface area (Å²) in [5, 5.41) is 11.7. The minimum absolute atomic E-state index is 0.267. The lowest BCUT2D eigenvalue weighted by Gasteiger charge is -1.99. The summed E-state index contributed by atoms with van der Waals surface area (Å²) in [5.41, 5.74) is 4.79. The molecule has 0 atom stereocenters. The number of nitrogens with zero attached hydrogens (tertiary/aromatic N) is 2. The van der Waals surface area contributed by atoms with E-state index in [9.17, 15) is 4.79 Å². The number of benzene rings is 2. The molecule has 1 amide bonds. The first-order valence-electron chi connectivity index (χ1n) is 7.54. The van der Waals surface area contributed by atoms with Crippen molar-refractivity contribution in [2.45, 2.75) is 0 Å². The number of carbonyl (C=O) groups excluding carboxylic acids is 1. The van der Waals surface area contributed by atoms with Crippen molar-refractivity contribution < 1.29 is 9.53 Å². The zero-order valence-electron chi connectivity index (χ0n) is 13.7. The van der Waals surface area contributed by atoms with Gasteiger partial charge in [-0.1, -0.05) is 23.2 Å². The fourth-order valence-corrected chi connectivity index (χ4v) is 2.73. The van der Waals surface area contributed by atoms with E-state index >= 15 is 0 Å². The number of carbonyl (C=O) groups is 1. The molecule has 0 fully saturated rings. The molecule has 3 aromatic rings. The van der Waals surface area contributed by atoms with Gasteiger partial charge in [-0.15, -0.1) is 0 Å². The van der Waals surface area contributed by atoms with Crippen LogP contribution in [0.4, 0.5) is 0 Å². The molecular weight excluding hydrogens is 375 g/mol. The van der Waals surface area contributed by atoms with E-state index in [1.54, 1.807) is 43.5 Å². The van der Waals surface area contributed by atoms with Gasteiger partial charge in [0.05, 0.1) is 19.0 Å². The molecule has 0 saturated carbocycles. The highest BCUT2D eigenvalue weighted by atomic mass is 35.5. The summed E-state index contributed by atoms with van der Waals surface area (Å²) < 4.78 is 5.08. The number of H-pyrrole nitrogens is 1. The molecule has 0 aliphatic heterocycles. The largest absolute Gasteiger partial charge is 0.497 e. The van der Waals surface area contributed by atoms with Gasteiger partial charge >= 0.3 is 0 Å². The van der Waals surface area contributed by atoms with Gasteiger partial charge < -0.3 is 4.74 Å². The molecule has 0 unspecified atom stereocenters. The number of hydrazone groups is 1. The molecule has 8 heteroatoms. The molecule has 6 nitrogen and oxygen atoms in total. The molecule has 1 heterocycles. The number of aromatic amines is 1. The van der Waals surface area contributed by atoms with Crippen molar-refractivity contribution in [2.75, 3.05) is 7.11 Å². The van der Waals surface area contributed by atoms with Crippen LogP contribution in [0.1, 0.15) is 16.1 Å². The number of halogens is 2.